The summed E-state index contributed by atoms with van der Waals surface area (Å²) in [5, 5.41) is 53.8. The van der Waals surface area contributed by atoms with Gasteiger partial charge in [0.15, 0.2) is 0 Å². The number of carbonyl (C=O) groups excluding carboxylic acids is 1. The van der Waals surface area contributed by atoms with Crippen molar-refractivity contribution in [1.82, 2.24) is 0 Å². The highest BCUT2D eigenvalue weighted by molar-refractivity contribution is 5.69. The monoisotopic (exact) mass is 240 g/mol. The Morgan fingerprint density at radius 2 is 0.688 bits per heavy atom. The summed E-state index contributed by atoms with van der Waals surface area (Å²) in [5.41, 5.74) is 8.50. The molecule has 9 heteroatoms. The molecule has 16 heavy (non-hydrogen) atoms. The lowest BCUT2D eigenvalue weighted by Gasteiger charge is -2.39. The maximum atomic E-state index is 9.00. The van der Waals surface area contributed by atoms with Crippen LogP contribution in [0.5, 0.6) is 0 Å². The van der Waals surface area contributed by atoms with E-state index in [1.807, 2.05) is 0 Å². The van der Waals surface area contributed by atoms with Crippen molar-refractivity contribution in [1.29, 1.82) is 0 Å². The first-order chi connectivity index (χ1) is 7.20. The molecule has 0 saturated heterocycles. The number of carbonyl (C=O) groups is 1. The fourth-order valence-corrected chi connectivity index (χ4v) is 1.21. The number of primary amides is 2. The van der Waals surface area contributed by atoms with E-state index in [4.69, 9.17) is 35.4 Å². The molecule has 0 spiro atoms. The molecule has 2 amide bonds. The van der Waals surface area contributed by atoms with E-state index in [0.29, 0.717) is 0 Å². The van der Waals surface area contributed by atoms with Gasteiger partial charge >= 0.3 is 6.03 Å². The Morgan fingerprint density at radius 3 is 0.750 bits per heavy atom. The molecule has 1 rings (SSSR count). The van der Waals surface area contributed by atoms with E-state index in [9.17, 15) is 0 Å². The largest absolute Gasteiger partial charge is 0.387 e. The van der Waals surface area contributed by atoms with Crippen molar-refractivity contribution in [3.8, 4) is 0 Å². The molecule has 0 aromatic carbocycles. The number of rotatable bonds is 0. The molecule has 0 unspecified atom stereocenters. The molecular formula is C7H16N2O7. The molecule has 1 aliphatic rings. The van der Waals surface area contributed by atoms with Gasteiger partial charge in [0.05, 0.1) is 0 Å². The molecule has 0 heterocycles. The van der Waals surface area contributed by atoms with E-state index in [-0.39, 0.29) is 0 Å². The van der Waals surface area contributed by atoms with Crippen molar-refractivity contribution in [2.24, 2.45) is 11.5 Å². The number of amides is 2. The van der Waals surface area contributed by atoms with Crippen LogP contribution in [0.15, 0.2) is 0 Å². The lowest BCUT2D eigenvalue weighted by Crippen LogP contribution is -2.63. The third-order valence-electron chi connectivity index (χ3n) is 2.10. The summed E-state index contributed by atoms with van der Waals surface area (Å²) in [6.07, 6.45) is -9.84. The number of hydrogen-bond donors (Lipinski definition) is 8. The Bertz CT molecular complexity index is 176. The third-order valence-corrected chi connectivity index (χ3v) is 2.10. The van der Waals surface area contributed by atoms with E-state index in [0.717, 1.165) is 0 Å². The number of urea groups is 1. The Balaban J connectivity index is 0.000000487. The van der Waals surface area contributed by atoms with Crippen LogP contribution in [0.25, 0.3) is 0 Å². The van der Waals surface area contributed by atoms with Gasteiger partial charge in [0.25, 0.3) is 0 Å². The average Bonchev–Trinajstić information content (AvgIpc) is 2.20. The number of aliphatic hydroxyl groups excluding tert-OH is 6. The Labute approximate surface area is 90.5 Å². The minimum absolute atomic E-state index is 0.833. The van der Waals surface area contributed by atoms with E-state index >= 15 is 0 Å². The second-order valence-corrected chi connectivity index (χ2v) is 3.35. The number of nitrogens with two attached hydrogens (primary N) is 2. The maximum Gasteiger partial charge on any atom is 0.309 e. The molecular weight excluding hydrogens is 224 g/mol. The predicted octanol–water partition coefficient (Wildman–Crippen LogP) is -4.81. The zero-order valence-electron chi connectivity index (χ0n) is 8.21. The summed E-state index contributed by atoms with van der Waals surface area (Å²) in [5.74, 6) is 0. The van der Waals surface area contributed by atoms with Gasteiger partial charge in [-0.25, -0.2) is 4.79 Å². The van der Waals surface area contributed by atoms with Crippen LogP contribution in [0.4, 0.5) is 4.79 Å². The van der Waals surface area contributed by atoms with Gasteiger partial charge in [0.2, 0.25) is 0 Å². The second kappa shape index (κ2) is 5.94. The molecule has 0 atom stereocenters. The van der Waals surface area contributed by atoms with Crippen LogP contribution >= 0.6 is 0 Å². The van der Waals surface area contributed by atoms with E-state index in [1.54, 1.807) is 0 Å². The van der Waals surface area contributed by atoms with Crippen LogP contribution in [-0.4, -0.2) is 73.3 Å². The minimum atomic E-state index is -1.64. The lowest BCUT2D eigenvalue weighted by atomic mass is 9.85. The molecule has 0 radical (unpaired) electrons. The lowest BCUT2D eigenvalue weighted by molar-refractivity contribution is -0.223. The van der Waals surface area contributed by atoms with Gasteiger partial charge in [-0.1, -0.05) is 0 Å². The zero-order valence-corrected chi connectivity index (χ0v) is 8.21. The second-order valence-electron chi connectivity index (χ2n) is 3.35. The molecule has 0 aromatic rings. The third kappa shape index (κ3) is 3.56. The van der Waals surface area contributed by atoms with E-state index in [2.05, 4.69) is 11.5 Å². The van der Waals surface area contributed by atoms with Crippen molar-refractivity contribution in [2.45, 2.75) is 36.6 Å². The number of hydrogen-bond acceptors (Lipinski definition) is 7. The fourth-order valence-electron chi connectivity index (χ4n) is 1.21. The van der Waals surface area contributed by atoms with Gasteiger partial charge < -0.3 is 42.1 Å². The molecule has 10 N–H and O–H groups in total. The molecule has 0 aromatic heterocycles. The molecule has 9 nitrogen and oxygen atoms in total. The first kappa shape index (κ1) is 15.0. The molecule has 0 bridgehead atoms. The predicted molar refractivity (Wildman–Crippen MR) is 49.8 cm³/mol. The summed E-state index contributed by atoms with van der Waals surface area (Å²) in [6.45, 7) is 0. The highest BCUT2D eigenvalue weighted by Crippen LogP contribution is 2.20. The van der Waals surface area contributed by atoms with Gasteiger partial charge in [-0.05, 0) is 0 Å². The molecule has 96 valence electrons. The van der Waals surface area contributed by atoms with Crippen molar-refractivity contribution in [3.63, 3.8) is 0 Å². The number of aliphatic hydroxyl groups is 6. The first-order valence-electron chi connectivity index (χ1n) is 4.33. The first-order valence-corrected chi connectivity index (χ1v) is 4.33. The maximum absolute atomic E-state index is 9.00. The minimum Gasteiger partial charge on any atom is -0.387 e. The van der Waals surface area contributed by atoms with Gasteiger partial charge in [-0.3, -0.25) is 0 Å². The van der Waals surface area contributed by atoms with Crippen LogP contribution in [0.2, 0.25) is 0 Å². The highest BCUT2D eigenvalue weighted by atomic mass is 16.4. The van der Waals surface area contributed by atoms with Crippen LogP contribution < -0.4 is 11.5 Å². The summed E-state index contributed by atoms with van der Waals surface area (Å²) >= 11 is 0. The molecule has 1 saturated carbocycles. The molecule has 1 fully saturated rings. The Morgan fingerprint density at radius 1 is 0.625 bits per heavy atom. The normalized spacial score (nSPS) is 43.1. The van der Waals surface area contributed by atoms with Crippen LogP contribution in [-0.2, 0) is 0 Å². The quantitative estimate of drug-likeness (QED) is 0.208. The van der Waals surface area contributed by atoms with Crippen molar-refractivity contribution >= 4 is 6.03 Å². The molecule has 0 aliphatic heterocycles. The van der Waals surface area contributed by atoms with E-state index < -0.39 is 42.7 Å². The average molecular weight is 240 g/mol. The standard InChI is InChI=1S/C6H12O6.CH4N2O/c7-1-2(8)4(10)6(12)5(11)3(1)9;2-1(3)4/h1-12H;(H4,2,3,4)/t1-,2-,3-,4+,5-,6-;. The Kier molecular flexibility index (Phi) is 5.58. The van der Waals surface area contributed by atoms with Gasteiger partial charge in [0, 0.05) is 0 Å². The SMILES string of the molecule is NC(N)=O.O[C@H]1[C@H](O)[C@@H](O)[C@H](O)[C@@H](O)[C@H]1O. The van der Waals surface area contributed by atoms with Crippen LogP contribution in [0.3, 0.4) is 0 Å². The van der Waals surface area contributed by atoms with E-state index in [1.165, 1.54) is 0 Å². The van der Waals surface area contributed by atoms with Crippen LogP contribution in [0.1, 0.15) is 0 Å². The van der Waals surface area contributed by atoms with Gasteiger partial charge in [-0.15, -0.1) is 0 Å². The highest BCUT2D eigenvalue weighted by Gasteiger charge is 2.47. The van der Waals surface area contributed by atoms with Crippen molar-refractivity contribution in [3.05, 3.63) is 0 Å². The van der Waals surface area contributed by atoms with Gasteiger partial charge in [-0.2, -0.15) is 0 Å². The smallest absolute Gasteiger partial charge is 0.309 e. The fraction of sp³-hybridized carbons (Fsp3) is 0.857. The van der Waals surface area contributed by atoms with Crippen LogP contribution in [0, 0.1) is 0 Å². The summed E-state index contributed by atoms with van der Waals surface area (Å²) < 4.78 is 0. The summed E-state index contributed by atoms with van der Waals surface area (Å²) in [7, 11) is 0. The zero-order chi connectivity index (χ0) is 13.0. The Hall–Kier alpha value is -0.970. The summed E-state index contributed by atoms with van der Waals surface area (Å²) in [4.78, 5) is 9.00. The molecule has 1 aliphatic carbocycles. The van der Waals surface area contributed by atoms with Gasteiger partial charge in [0.1, 0.15) is 36.6 Å². The van der Waals surface area contributed by atoms with Crippen molar-refractivity contribution < 1.29 is 35.4 Å². The van der Waals surface area contributed by atoms with Crippen molar-refractivity contribution in [2.75, 3.05) is 0 Å². The topological polar surface area (TPSA) is 190 Å². The summed E-state index contributed by atoms with van der Waals surface area (Å²) in [6, 6.07) is -0.833.